The molecule has 296 valence electrons. The van der Waals surface area contributed by atoms with E-state index in [2.05, 4.69) is 31.4 Å². The first-order valence-corrected chi connectivity index (χ1v) is 20.0. The van der Waals surface area contributed by atoms with Gasteiger partial charge in [0.1, 0.15) is 24.2 Å². The van der Waals surface area contributed by atoms with E-state index in [1.807, 2.05) is 91.9 Å². The van der Waals surface area contributed by atoms with Gasteiger partial charge in [0.25, 0.3) is 0 Å². The summed E-state index contributed by atoms with van der Waals surface area (Å²) < 4.78 is 0. The van der Waals surface area contributed by atoms with Crippen LogP contribution in [0.4, 0.5) is 0 Å². The third-order valence-corrected chi connectivity index (χ3v) is 10.6. The average molecular weight is 752 g/mol. The van der Waals surface area contributed by atoms with Crippen LogP contribution in [0.15, 0.2) is 84.9 Å². The van der Waals surface area contributed by atoms with Crippen molar-refractivity contribution >= 4 is 29.5 Å². The lowest BCUT2D eigenvalue weighted by Crippen LogP contribution is -2.59. The fourth-order valence-electron chi connectivity index (χ4n) is 7.61. The van der Waals surface area contributed by atoms with Gasteiger partial charge in [-0.15, -0.1) is 0 Å². The number of amides is 5. The maximum Gasteiger partial charge on any atom is 0.246 e. The number of carbonyl (C=O) groups excluding carboxylic acids is 5. The van der Waals surface area contributed by atoms with Crippen molar-refractivity contribution in [2.45, 2.75) is 116 Å². The molecule has 10 nitrogen and oxygen atoms in total. The molecule has 2 fully saturated rings. The van der Waals surface area contributed by atoms with Gasteiger partial charge >= 0.3 is 0 Å². The van der Waals surface area contributed by atoms with E-state index in [4.69, 9.17) is 5.73 Å². The number of aryl methyl sites for hydroxylation is 1. The van der Waals surface area contributed by atoms with E-state index < -0.39 is 41.9 Å². The number of likely N-dealkylation sites (N-methyl/N-ethyl adjacent to an activating group) is 1. The van der Waals surface area contributed by atoms with Gasteiger partial charge in [0.15, 0.2) is 0 Å². The minimum absolute atomic E-state index is 0.117. The molecule has 1 aliphatic carbocycles. The smallest absolute Gasteiger partial charge is 0.246 e. The summed E-state index contributed by atoms with van der Waals surface area (Å²) in [5.41, 5.74) is 9.49. The van der Waals surface area contributed by atoms with Crippen LogP contribution in [0.3, 0.4) is 0 Å². The molecule has 0 bridgehead atoms. The number of rotatable bonds is 14. The number of likely N-dealkylation sites (tertiary alicyclic amines) is 1. The number of nitrogens with two attached hydrogens (primary N) is 1. The molecular formula is C45H61N5O5. The normalized spacial score (nSPS) is 19.5. The highest BCUT2D eigenvalue weighted by molar-refractivity contribution is 5.96. The molecule has 3 aromatic carbocycles. The van der Waals surface area contributed by atoms with Crippen molar-refractivity contribution in [1.82, 2.24) is 20.4 Å². The van der Waals surface area contributed by atoms with Gasteiger partial charge in [0.05, 0.1) is 0 Å². The van der Waals surface area contributed by atoms with Crippen molar-refractivity contribution in [1.29, 1.82) is 0 Å². The zero-order valence-electron chi connectivity index (χ0n) is 33.3. The lowest BCUT2D eigenvalue weighted by atomic mass is 9.82. The van der Waals surface area contributed by atoms with Gasteiger partial charge in [0.2, 0.25) is 29.5 Å². The van der Waals surface area contributed by atoms with Crippen LogP contribution in [0.25, 0.3) is 0 Å². The summed E-state index contributed by atoms with van der Waals surface area (Å²) in [6, 6.07) is 22.9. The van der Waals surface area contributed by atoms with Crippen molar-refractivity contribution in [2.24, 2.45) is 17.6 Å². The van der Waals surface area contributed by atoms with Crippen LogP contribution in [-0.4, -0.2) is 77.1 Å². The predicted molar refractivity (Wildman–Crippen MR) is 217 cm³/mol. The number of hydrogen-bond acceptors (Lipinski definition) is 5. The minimum Gasteiger partial charge on any atom is -0.368 e. The lowest BCUT2D eigenvalue weighted by molar-refractivity contribution is -0.144. The number of nitrogens with zero attached hydrogens (tertiary/aromatic N) is 2. The van der Waals surface area contributed by atoms with E-state index in [1.165, 1.54) is 18.4 Å². The van der Waals surface area contributed by atoms with E-state index in [-0.39, 0.29) is 30.6 Å². The first kappa shape index (κ1) is 42.7. The molecule has 0 spiro atoms. The number of carbonyl (C=O) groups is 5. The van der Waals surface area contributed by atoms with Gasteiger partial charge in [0, 0.05) is 38.8 Å². The summed E-state index contributed by atoms with van der Waals surface area (Å²) in [7, 11) is 1.53. The average Bonchev–Trinajstić information content (AvgIpc) is 3.68. The Kier molecular flexibility index (Phi) is 16.5. The third kappa shape index (κ3) is 12.5. The number of primary amides is 1. The molecule has 10 heteroatoms. The zero-order valence-corrected chi connectivity index (χ0v) is 33.3. The highest BCUT2D eigenvalue weighted by Crippen LogP contribution is 2.29. The Hall–Kier alpha value is -4.99. The molecular weight excluding hydrogens is 691 g/mol. The first-order chi connectivity index (χ1) is 26.4. The molecule has 1 saturated carbocycles. The minimum atomic E-state index is -1.02. The van der Waals surface area contributed by atoms with Gasteiger partial charge < -0.3 is 26.2 Å². The SMILES string of the molecule is CCC.Cc1ccc(CC(NC(=O)C2CCCC(C)C2)C(=O)N2CCCC2C(=O)NC(Cc2ccccc2)C(=O)N(C)C(Cc2ccccc2)C(N)=O)cc1. The van der Waals surface area contributed by atoms with Crippen LogP contribution < -0.4 is 16.4 Å². The molecule has 5 rings (SSSR count). The fraction of sp³-hybridized carbons (Fsp3) is 0.489. The maximum atomic E-state index is 14.4. The van der Waals surface area contributed by atoms with Crippen LogP contribution in [0.5, 0.6) is 0 Å². The number of nitrogens with one attached hydrogen (secondary N) is 2. The standard InChI is InChI=1S/C42H53N5O5.C3H8/c1-28-19-21-32(22-20-28)26-35(44-39(49)33-17-10-12-29(2)24-33)42(52)47-23-11-18-36(47)40(50)45-34(25-30-13-6-4-7-14-30)41(51)46(3)37(38(43)48)27-31-15-8-5-9-16-31;1-3-2/h4-9,13-16,19-22,29,33-37H,10-12,17-18,23-27H2,1-3H3,(H2,43,48)(H,44,49)(H,45,50);3H2,1-2H3. The Balaban J connectivity index is 0.00000217. The van der Waals surface area contributed by atoms with Crippen LogP contribution in [0.1, 0.15) is 88.0 Å². The number of benzene rings is 3. The summed E-state index contributed by atoms with van der Waals surface area (Å²) >= 11 is 0. The molecule has 4 N–H and O–H groups in total. The Morgan fingerprint density at radius 3 is 1.87 bits per heavy atom. The molecule has 5 amide bonds. The van der Waals surface area contributed by atoms with Crippen LogP contribution in [0, 0.1) is 18.8 Å². The molecule has 6 unspecified atom stereocenters. The van der Waals surface area contributed by atoms with Gasteiger partial charge in [-0.25, -0.2) is 0 Å². The molecule has 1 aliphatic heterocycles. The van der Waals surface area contributed by atoms with E-state index in [1.54, 1.807) is 4.90 Å². The highest BCUT2D eigenvalue weighted by Gasteiger charge is 2.40. The largest absolute Gasteiger partial charge is 0.368 e. The Morgan fingerprint density at radius 2 is 1.29 bits per heavy atom. The topological polar surface area (TPSA) is 142 Å². The molecule has 2 aliphatic rings. The second-order valence-corrected chi connectivity index (χ2v) is 15.4. The molecule has 1 heterocycles. The third-order valence-electron chi connectivity index (χ3n) is 10.6. The lowest BCUT2D eigenvalue weighted by Gasteiger charge is -2.33. The van der Waals surface area contributed by atoms with E-state index in [0.29, 0.717) is 31.7 Å². The van der Waals surface area contributed by atoms with Crippen LogP contribution >= 0.6 is 0 Å². The predicted octanol–water partition coefficient (Wildman–Crippen LogP) is 5.54. The van der Waals surface area contributed by atoms with Crippen molar-refractivity contribution in [3.05, 3.63) is 107 Å². The van der Waals surface area contributed by atoms with Crippen molar-refractivity contribution in [3.8, 4) is 0 Å². The summed E-state index contributed by atoms with van der Waals surface area (Å²) in [5, 5.41) is 6.05. The van der Waals surface area contributed by atoms with Crippen molar-refractivity contribution in [3.63, 3.8) is 0 Å². The Morgan fingerprint density at radius 1 is 0.745 bits per heavy atom. The van der Waals surface area contributed by atoms with Gasteiger partial charge in [-0.2, -0.15) is 0 Å². The quantitative estimate of drug-likeness (QED) is 0.199. The Labute approximate surface area is 327 Å². The van der Waals surface area contributed by atoms with Gasteiger partial charge in [-0.05, 0) is 55.2 Å². The van der Waals surface area contributed by atoms with E-state index in [9.17, 15) is 24.0 Å². The van der Waals surface area contributed by atoms with Crippen molar-refractivity contribution in [2.75, 3.05) is 13.6 Å². The molecule has 6 atom stereocenters. The first-order valence-electron chi connectivity index (χ1n) is 20.0. The molecule has 0 aromatic heterocycles. The molecule has 3 aromatic rings. The molecule has 0 radical (unpaired) electrons. The van der Waals surface area contributed by atoms with Crippen LogP contribution in [0.2, 0.25) is 0 Å². The highest BCUT2D eigenvalue weighted by atomic mass is 16.2. The second-order valence-electron chi connectivity index (χ2n) is 15.4. The maximum absolute atomic E-state index is 14.4. The van der Waals surface area contributed by atoms with Gasteiger partial charge in [-0.1, -0.05) is 131 Å². The zero-order chi connectivity index (χ0) is 39.9. The molecule has 55 heavy (non-hydrogen) atoms. The van der Waals surface area contributed by atoms with E-state index in [0.717, 1.165) is 47.9 Å². The number of hydrogen-bond donors (Lipinski definition) is 3. The molecule has 1 saturated heterocycles. The monoisotopic (exact) mass is 751 g/mol. The van der Waals surface area contributed by atoms with Crippen molar-refractivity contribution < 1.29 is 24.0 Å². The summed E-state index contributed by atoms with van der Waals surface area (Å²) in [5.74, 6) is -1.69. The Bertz CT molecular complexity index is 1700. The van der Waals surface area contributed by atoms with Crippen LogP contribution in [-0.2, 0) is 43.2 Å². The fourth-order valence-corrected chi connectivity index (χ4v) is 7.61. The van der Waals surface area contributed by atoms with E-state index >= 15 is 0 Å². The van der Waals surface area contributed by atoms with Gasteiger partial charge in [-0.3, -0.25) is 24.0 Å². The second kappa shape index (κ2) is 21.2. The summed E-state index contributed by atoms with van der Waals surface area (Å²) in [6.45, 7) is 8.76. The summed E-state index contributed by atoms with van der Waals surface area (Å²) in [4.78, 5) is 71.8. The summed E-state index contributed by atoms with van der Waals surface area (Å²) in [6.07, 6.45) is 6.64.